The van der Waals surface area contributed by atoms with Gasteiger partial charge in [0.15, 0.2) is 0 Å². The van der Waals surface area contributed by atoms with Gasteiger partial charge in [-0.1, -0.05) is 48.5 Å². The molecule has 0 nitrogen and oxygen atoms in total. The zero-order valence-electron chi connectivity index (χ0n) is 8.79. The van der Waals surface area contributed by atoms with Gasteiger partial charge in [-0.25, -0.2) is 4.39 Å². The summed E-state index contributed by atoms with van der Waals surface area (Å²) in [6, 6.07) is 15.3. The fourth-order valence-electron chi connectivity index (χ4n) is 1.80. The number of rotatable bonds is 3. The van der Waals surface area contributed by atoms with Crippen LogP contribution in [0.15, 0.2) is 48.5 Å². The Bertz CT molecular complexity index is 434. The van der Waals surface area contributed by atoms with Crippen molar-refractivity contribution in [2.75, 3.05) is 0 Å². The second-order valence-corrected chi connectivity index (χ2v) is 3.85. The first-order chi connectivity index (χ1) is 7.86. The van der Waals surface area contributed by atoms with E-state index in [-0.39, 0.29) is 0 Å². The Morgan fingerprint density at radius 2 is 1.31 bits per heavy atom. The van der Waals surface area contributed by atoms with Crippen molar-refractivity contribution in [1.82, 2.24) is 0 Å². The van der Waals surface area contributed by atoms with Crippen LogP contribution in [-0.2, 0) is 12.6 Å². The Hall–Kier alpha value is -1.34. The highest BCUT2D eigenvalue weighted by molar-refractivity contribution is 6.17. The minimum atomic E-state index is -0.452. The number of hydrogen-bond acceptors (Lipinski definition) is 0. The lowest BCUT2D eigenvalue weighted by molar-refractivity contribution is 0.486. The molecule has 0 radical (unpaired) electrons. The van der Waals surface area contributed by atoms with Crippen molar-refractivity contribution in [2.45, 2.75) is 12.6 Å². The lowest BCUT2D eigenvalue weighted by atomic mass is 9.96. The molecule has 0 spiro atoms. The Balaban J connectivity index is 2.58. The van der Waals surface area contributed by atoms with Crippen LogP contribution >= 0.6 is 11.6 Å². The van der Waals surface area contributed by atoms with E-state index >= 15 is 0 Å². The van der Waals surface area contributed by atoms with Gasteiger partial charge in [0.25, 0.3) is 0 Å². The third-order valence-electron chi connectivity index (χ3n) is 2.61. The SMILES string of the molecule is FCc1ccccc1-c1ccccc1CCl. The van der Waals surface area contributed by atoms with E-state index in [1.165, 1.54) is 0 Å². The predicted octanol–water partition coefficient (Wildman–Crippen LogP) is 4.56. The van der Waals surface area contributed by atoms with Gasteiger partial charge in [-0.2, -0.15) is 0 Å². The molecule has 0 aliphatic carbocycles. The summed E-state index contributed by atoms with van der Waals surface area (Å²) in [5.41, 5.74) is 3.69. The molecule has 0 saturated carbocycles. The summed E-state index contributed by atoms with van der Waals surface area (Å²) in [4.78, 5) is 0. The van der Waals surface area contributed by atoms with Crippen LogP contribution < -0.4 is 0 Å². The van der Waals surface area contributed by atoms with Crippen LogP contribution in [0.2, 0.25) is 0 Å². The zero-order chi connectivity index (χ0) is 11.4. The van der Waals surface area contributed by atoms with Gasteiger partial charge in [0.2, 0.25) is 0 Å². The molecular weight excluding hydrogens is 223 g/mol. The van der Waals surface area contributed by atoms with Crippen LogP contribution in [0.5, 0.6) is 0 Å². The largest absolute Gasteiger partial charge is 0.246 e. The third kappa shape index (κ3) is 2.10. The topological polar surface area (TPSA) is 0 Å². The third-order valence-corrected chi connectivity index (χ3v) is 2.90. The molecule has 0 atom stereocenters. The van der Waals surface area contributed by atoms with Crippen molar-refractivity contribution in [3.8, 4) is 11.1 Å². The van der Waals surface area contributed by atoms with Gasteiger partial charge in [-0.05, 0) is 22.3 Å². The highest BCUT2D eigenvalue weighted by Gasteiger charge is 2.07. The fraction of sp³-hybridized carbons (Fsp3) is 0.143. The average molecular weight is 235 g/mol. The first-order valence-electron chi connectivity index (χ1n) is 5.15. The molecule has 2 heteroatoms. The standard InChI is InChI=1S/C14H12ClF/c15-9-11-5-1-3-7-13(11)14-8-4-2-6-12(14)10-16/h1-8H,9-10H2. The van der Waals surface area contributed by atoms with Crippen molar-refractivity contribution < 1.29 is 4.39 Å². The molecule has 0 saturated heterocycles. The molecule has 0 bridgehead atoms. The lowest BCUT2D eigenvalue weighted by Gasteiger charge is -2.10. The van der Waals surface area contributed by atoms with E-state index in [0.29, 0.717) is 11.4 Å². The van der Waals surface area contributed by atoms with E-state index in [1.807, 2.05) is 42.5 Å². The summed E-state index contributed by atoms with van der Waals surface area (Å²) in [6.07, 6.45) is 0. The molecule has 2 rings (SSSR count). The highest BCUT2D eigenvalue weighted by Crippen LogP contribution is 2.28. The molecule has 82 valence electrons. The van der Waals surface area contributed by atoms with Crippen LogP contribution in [0, 0.1) is 0 Å². The van der Waals surface area contributed by atoms with Crippen LogP contribution in [0.1, 0.15) is 11.1 Å². The molecule has 0 aromatic heterocycles. The molecule has 0 fully saturated rings. The summed E-state index contributed by atoms with van der Waals surface area (Å²) in [7, 11) is 0. The minimum absolute atomic E-state index is 0.441. The molecule has 2 aromatic carbocycles. The normalized spacial score (nSPS) is 10.4. The monoisotopic (exact) mass is 234 g/mol. The first kappa shape index (κ1) is 11.2. The van der Waals surface area contributed by atoms with Crippen molar-refractivity contribution in [2.24, 2.45) is 0 Å². The summed E-state index contributed by atoms with van der Waals surface area (Å²) >= 11 is 5.88. The molecule has 0 N–H and O–H groups in total. The molecule has 0 unspecified atom stereocenters. The Kier molecular flexibility index (Phi) is 3.58. The first-order valence-corrected chi connectivity index (χ1v) is 5.68. The van der Waals surface area contributed by atoms with Crippen LogP contribution in [0.3, 0.4) is 0 Å². The molecule has 0 amide bonds. The maximum Gasteiger partial charge on any atom is 0.115 e. The van der Waals surface area contributed by atoms with E-state index in [0.717, 1.165) is 16.7 Å². The van der Waals surface area contributed by atoms with Crippen molar-refractivity contribution in [1.29, 1.82) is 0 Å². The van der Waals surface area contributed by atoms with Gasteiger partial charge in [0, 0.05) is 5.88 Å². The lowest BCUT2D eigenvalue weighted by Crippen LogP contribution is -1.90. The van der Waals surface area contributed by atoms with E-state index in [1.54, 1.807) is 6.07 Å². The van der Waals surface area contributed by atoms with E-state index in [4.69, 9.17) is 11.6 Å². The molecule has 2 aromatic rings. The minimum Gasteiger partial charge on any atom is -0.246 e. The predicted molar refractivity (Wildman–Crippen MR) is 66.2 cm³/mol. The summed E-state index contributed by atoms with van der Waals surface area (Å²) in [6.45, 7) is -0.452. The molecule has 0 aliphatic rings. The second kappa shape index (κ2) is 5.13. The average Bonchev–Trinajstić information content (AvgIpc) is 2.38. The Labute approximate surface area is 99.7 Å². The fourth-order valence-corrected chi connectivity index (χ4v) is 2.03. The summed E-state index contributed by atoms with van der Waals surface area (Å²) in [5.74, 6) is 0.441. The van der Waals surface area contributed by atoms with Crippen molar-refractivity contribution >= 4 is 11.6 Å². The molecule has 0 aliphatic heterocycles. The molecule has 16 heavy (non-hydrogen) atoms. The zero-order valence-corrected chi connectivity index (χ0v) is 9.54. The van der Waals surface area contributed by atoms with E-state index in [2.05, 4.69) is 0 Å². The van der Waals surface area contributed by atoms with Crippen molar-refractivity contribution in [3.63, 3.8) is 0 Å². The number of halogens is 2. The van der Waals surface area contributed by atoms with Gasteiger partial charge in [-0.15, -0.1) is 11.6 Å². The molecule has 0 heterocycles. The highest BCUT2D eigenvalue weighted by atomic mass is 35.5. The van der Waals surface area contributed by atoms with Crippen molar-refractivity contribution in [3.05, 3.63) is 59.7 Å². The maximum atomic E-state index is 12.9. The van der Waals surface area contributed by atoms with E-state index < -0.39 is 6.67 Å². The van der Waals surface area contributed by atoms with E-state index in [9.17, 15) is 4.39 Å². The molecular formula is C14H12ClF. The van der Waals surface area contributed by atoms with Gasteiger partial charge in [0.05, 0.1) is 0 Å². The Morgan fingerprint density at radius 3 is 1.88 bits per heavy atom. The van der Waals surface area contributed by atoms with Crippen LogP contribution in [0.25, 0.3) is 11.1 Å². The second-order valence-electron chi connectivity index (χ2n) is 3.58. The van der Waals surface area contributed by atoms with Gasteiger partial charge in [0.1, 0.15) is 6.67 Å². The quantitative estimate of drug-likeness (QED) is 0.683. The number of alkyl halides is 2. The Morgan fingerprint density at radius 1 is 0.812 bits per heavy atom. The van der Waals surface area contributed by atoms with Gasteiger partial charge < -0.3 is 0 Å². The number of benzene rings is 2. The van der Waals surface area contributed by atoms with Crippen LogP contribution in [0.4, 0.5) is 4.39 Å². The summed E-state index contributed by atoms with van der Waals surface area (Å²) in [5, 5.41) is 0. The maximum absolute atomic E-state index is 12.9. The van der Waals surface area contributed by atoms with Gasteiger partial charge >= 0.3 is 0 Å². The number of hydrogen-bond donors (Lipinski definition) is 0. The smallest absolute Gasteiger partial charge is 0.115 e. The van der Waals surface area contributed by atoms with Gasteiger partial charge in [-0.3, -0.25) is 0 Å². The summed E-state index contributed by atoms with van der Waals surface area (Å²) < 4.78 is 12.9. The van der Waals surface area contributed by atoms with Crippen LogP contribution in [-0.4, -0.2) is 0 Å².